The smallest absolute Gasteiger partial charge is 0.238 e. The summed E-state index contributed by atoms with van der Waals surface area (Å²) in [5.41, 5.74) is 8.24. The number of hydrogen-bond donors (Lipinski definition) is 3. The molecule has 3 N–H and O–H groups in total. The minimum absolute atomic E-state index is 0.0203. The molecule has 6 heteroatoms. The molecule has 26 heavy (non-hydrogen) atoms. The molecular weight excluding hydrogens is 350 g/mol. The fraction of sp³-hybridized carbons (Fsp3) is 0.350. The molecule has 0 aliphatic carbocycles. The van der Waals surface area contributed by atoms with E-state index in [2.05, 4.69) is 16.2 Å². The molecule has 2 unspecified atom stereocenters. The van der Waals surface area contributed by atoms with Gasteiger partial charge in [-0.25, -0.2) is 10.9 Å². The van der Waals surface area contributed by atoms with Crippen LogP contribution in [0.2, 0.25) is 5.02 Å². The predicted octanol–water partition coefficient (Wildman–Crippen LogP) is 3.35. The van der Waals surface area contributed by atoms with Gasteiger partial charge < -0.3 is 10.1 Å². The van der Waals surface area contributed by atoms with Gasteiger partial charge in [-0.3, -0.25) is 4.79 Å². The zero-order chi connectivity index (χ0) is 18.5. The van der Waals surface area contributed by atoms with Gasteiger partial charge in [0.25, 0.3) is 0 Å². The van der Waals surface area contributed by atoms with Crippen molar-refractivity contribution in [3.8, 4) is 5.75 Å². The number of carbonyl (C=O) groups is 1. The van der Waals surface area contributed by atoms with Crippen LogP contribution in [-0.4, -0.2) is 18.1 Å². The van der Waals surface area contributed by atoms with E-state index in [4.69, 9.17) is 16.3 Å². The van der Waals surface area contributed by atoms with Crippen LogP contribution in [0.15, 0.2) is 48.5 Å². The van der Waals surface area contributed by atoms with Crippen LogP contribution in [0.3, 0.4) is 0 Å². The van der Waals surface area contributed by atoms with Crippen LogP contribution in [0.25, 0.3) is 0 Å². The molecule has 2 aromatic carbocycles. The highest BCUT2D eigenvalue weighted by Crippen LogP contribution is 2.28. The Morgan fingerprint density at radius 3 is 2.62 bits per heavy atom. The van der Waals surface area contributed by atoms with Gasteiger partial charge in [0.2, 0.25) is 5.91 Å². The summed E-state index contributed by atoms with van der Waals surface area (Å²) in [5, 5.41) is 3.68. The van der Waals surface area contributed by atoms with Crippen LogP contribution in [-0.2, 0) is 11.3 Å². The molecule has 0 spiro atoms. The summed E-state index contributed by atoms with van der Waals surface area (Å²) in [4.78, 5) is 12.4. The van der Waals surface area contributed by atoms with Crippen molar-refractivity contribution in [3.05, 3.63) is 64.7 Å². The van der Waals surface area contributed by atoms with Crippen LogP contribution in [0, 0.1) is 0 Å². The number of amides is 1. The number of rotatable bonds is 6. The van der Waals surface area contributed by atoms with Crippen LogP contribution < -0.4 is 20.9 Å². The lowest BCUT2D eigenvalue weighted by Gasteiger charge is -2.12. The van der Waals surface area contributed by atoms with Gasteiger partial charge in [0, 0.05) is 17.6 Å². The number of carbonyl (C=O) groups excluding carboxylic acids is 1. The first-order valence-corrected chi connectivity index (χ1v) is 9.19. The highest BCUT2D eigenvalue weighted by atomic mass is 35.5. The zero-order valence-corrected chi connectivity index (χ0v) is 15.7. The Labute approximate surface area is 159 Å². The third kappa shape index (κ3) is 4.75. The molecule has 1 aliphatic heterocycles. The first kappa shape index (κ1) is 18.7. The molecule has 1 fully saturated rings. The summed E-state index contributed by atoms with van der Waals surface area (Å²) in [6.07, 6.45) is 0.795. The van der Waals surface area contributed by atoms with E-state index in [0.717, 1.165) is 16.9 Å². The maximum absolute atomic E-state index is 12.4. The van der Waals surface area contributed by atoms with Gasteiger partial charge in [0.15, 0.2) is 0 Å². The molecule has 138 valence electrons. The van der Waals surface area contributed by atoms with Gasteiger partial charge in [-0.1, -0.05) is 41.9 Å². The highest BCUT2D eigenvalue weighted by molar-refractivity contribution is 6.31. The monoisotopic (exact) mass is 373 g/mol. The molecule has 5 nitrogen and oxygen atoms in total. The normalized spacial score (nSPS) is 19.5. The number of ether oxygens (including phenoxy) is 1. The topological polar surface area (TPSA) is 62.4 Å². The zero-order valence-electron chi connectivity index (χ0n) is 15.0. The first-order valence-electron chi connectivity index (χ1n) is 8.81. The van der Waals surface area contributed by atoms with E-state index in [9.17, 15) is 4.79 Å². The lowest BCUT2D eigenvalue weighted by molar-refractivity contribution is -0.123. The Balaban J connectivity index is 1.50. The molecule has 0 saturated carbocycles. The second-order valence-corrected chi connectivity index (χ2v) is 7.09. The van der Waals surface area contributed by atoms with Gasteiger partial charge in [0.1, 0.15) is 11.8 Å². The van der Waals surface area contributed by atoms with E-state index >= 15 is 0 Å². The number of nitrogens with one attached hydrogen (secondary N) is 3. The quantitative estimate of drug-likeness (QED) is 0.726. The van der Waals surface area contributed by atoms with E-state index in [1.165, 1.54) is 0 Å². The fourth-order valence-electron chi connectivity index (χ4n) is 2.96. The second kappa shape index (κ2) is 8.54. The molecule has 3 rings (SSSR count). The Kier molecular flexibility index (Phi) is 6.14. The van der Waals surface area contributed by atoms with Crippen molar-refractivity contribution < 1.29 is 9.53 Å². The minimum atomic E-state index is -0.292. The number of hydrogen-bond acceptors (Lipinski definition) is 4. The van der Waals surface area contributed by atoms with Crippen molar-refractivity contribution >= 4 is 17.5 Å². The van der Waals surface area contributed by atoms with Crippen LogP contribution in [0.4, 0.5) is 0 Å². The SMILES string of the molecule is CC(C)Oc1ccc(CNC(=O)C2CC(c3ccccc3Cl)NN2)cc1. The van der Waals surface area contributed by atoms with Crippen LogP contribution in [0.5, 0.6) is 5.75 Å². The maximum atomic E-state index is 12.4. The molecule has 2 aromatic rings. The summed E-state index contributed by atoms with van der Waals surface area (Å²) in [6.45, 7) is 4.47. The summed E-state index contributed by atoms with van der Waals surface area (Å²) >= 11 is 6.24. The van der Waals surface area contributed by atoms with Gasteiger partial charge in [-0.05, 0) is 49.6 Å². The average molecular weight is 374 g/mol. The largest absolute Gasteiger partial charge is 0.491 e. The van der Waals surface area contributed by atoms with E-state index in [1.807, 2.05) is 62.4 Å². The second-order valence-electron chi connectivity index (χ2n) is 6.68. The van der Waals surface area contributed by atoms with Crippen LogP contribution in [0.1, 0.15) is 37.4 Å². The van der Waals surface area contributed by atoms with Crippen molar-refractivity contribution in [2.45, 2.75) is 45.0 Å². The van der Waals surface area contributed by atoms with Gasteiger partial charge in [-0.15, -0.1) is 0 Å². The van der Waals surface area contributed by atoms with Crippen molar-refractivity contribution in [2.24, 2.45) is 0 Å². The van der Waals surface area contributed by atoms with Crippen LogP contribution >= 0.6 is 11.6 Å². The molecule has 0 aromatic heterocycles. The number of benzene rings is 2. The lowest BCUT2D eigenvalue weighted by Crippen LogP contribution is -2.42. The molecule has 2 atom stereocenters. The van der Waals surface area contributed by atoms with E-state index in [1.54, 1.807) is 0 Å². The molecular formula is C20H24ClN3O2. The van der Waals surface area contributed by atoms with Gasteiger partial charge in [-0.2, -0.15) is 0 Å². The fourth-order valence-corrected chi connectivity index (χ4v) is 3.23. The number of hydrazine groups is 1. The first-order chi connectivity index (χ1) is 12.5. The van der Waals surface area contributed by atoms with Crippen molar-refractivity contribution in [2.75, 3.05) is 0 Å². The summed E-state index contributed by atoms with van der Waals surface area (Å²) in [6, 6.07) is 15.2. The van der Waals surface area contributed by atoms with E-state index in [-0.39, 0.29) is 24.1 Å². The third-order valence-electron chi connectivity index (χ3n) is 4.26. The molecule has 0 bridgehead atoms. The Morgan fingerprint density at radius 2 is 1.92 bits per heavy atom. The molecule has 1 amide bonds. The average Bonchev–Trinajstić information content (AvgIpc) is 3.11. The molecule has 1 heterocycles. The third-order valence-corrected chi connectivity index (χ3v) is 4.61. The summed E-state index contributed by atoms with van der Waals surface area (Å²) < 4.78 is 5.62. The minimum Gasteiger partial charge on any atom is -0.491 e. The number of halogens is 1. The maximum Gasteiger partial charge on any atom is 0.238 e. The van der Waals surface area contributed by atoms with E-state index < -0.39 is 0 Å². The molecule has 0 radical (unpaired) electrons. The summed E-state index contributed by atoms with van der Waals surface area (Å²) in [7, 11) is 0. The van der Waals surface area contributed by atoms with Gasteiger partial charge in [0.05, 0.1) is 6.10 Å². The Hall–Kier alpha value is -2.08. The lowest BCUT2D eigenvalue weighted by atomic mass is 10.0. The van der Waals surface area contributed by atoms with Crippen molar-refractivity contribution in [3.63, 3.8) is 0 Å². The van der Waals surface area contributed by atoms with Crippen molar-refractivity contribution in [1.82, 2.24) is 16.2 Å². The highest BCUT2D eigenvalue weighted by Gasteiger charge is 2.30. The molecule has 1 aliphatic rings. The molecule has 1 saturated heterocycles. The van der Waals surface area contributed by atoms with Crippen molar-refractivity contribution in [1.29, 1.82) is 0 Å². The van der Waals surface area contributed by atoms with Gasteiger partial charge >= 0.3 is 0 Å². The predicted molar refractivity (Wildman–Crippen MR) is 103 cm³/mol. The van der Waals surface area contributed by atoms with E-state index in [0.29, 0.717) is 18.0 Å². The Morgan fingerprint density at radius 1 is 1.19 bits per heavy atom. The Bertz CT molecular complexity index is 749. The summed E-state index contributed by atoms with van der Waals surface area (Å²) in [5.74, 6) is 0.800. The standard InChI is InChI=1S/C20H24ClN3O2/c1-13(2)26-15-9-7-14(8-10-15)12-22-20(25)19-11-18(23-24-19)16-5-3-4-6-17(16)21/h3-10,13,18-19,23-24H,11-12H2,1-2H3,(H,22,25).